The SMILES string of the molecule is CCC(C)NCc1c(=O)o[nH][n+]1C(C)C. The summed E-state index contributed by atoms with van der Waals surface area (Å²) in [7, 11) is 0. The lowest BCUT2D eigenvalue weighted by Crippen LogP contribution is -2.45. The fraction of sp³-hybridized carbons (Fsp3) is 0.800. The van der Waals surface area contributed by atoms with Crippen LogP contribution in [-0.4, -0.2) is 11.3 Å². The summed E-state index contributed by atoms with van der Waals surface area (Å²) in [4.78, 5) is 11.4. The second kappa shape index (κ2) is 5.11. The lowest BCUT2D eigenvalue weighted by Gasteiger charge is -2.07. The summed E-state index contributed by atoms with van der Waals surface area (Å²) in [6, 6.07) is 0.602. The highest BCUT2D eigenvalue weighted by molar-refractivity contribution is 4.83. The van der Waals surface area contributed by atoms with Crippen molar-refractivity contribution in [2.24, 2.45) is 0 Å². The van der Waals surface area contributed by atoms with Crippen molar-refractivity contribution in [1.82, 2.24) is 10.6 Å². The maximum Gasteiger partial charge on any atom is 0.431 e. The summed E-state index contributed by atoms with van der Waals surface area (Å²) in [6.07, 6.45) is 1.04. The second-order valence-corrected chi connectivity index (χ2v) is 4.08. The van der Waals surface area contributed by atoms with Crippen LogP contribution in [0.1, 0.15) is 45.9 Å². The molecular weight excluding hydrogens is 194 g/mol. The van der Waals surface area contributed by atoms with Gasteiger partial charge < -0.3 is 5.32 Å². The lowest BCUT2D eigenvalue weighted by atomic mass is 10.2. The molecule has 15 heavy (non-hydrogen) atoms. The minimum absolute atomic E-state index is 0.199. The average molecular weight is 214 g/mol. The van der Waals surface area contributed by atoms with Crippen LogP contribution >= 0.6 is 0 Å². The van der Waals surface area contributed by atoms with E-state index in [0.29, 0.717) is 18.3 Å². The summed E-state index contributed by atoms with van der Waals surface area (Å²) in [5, 5.41) is 5.87. The Hall–Kier alpha value is -1.10. The van der Waals surface area contributed by atoms with E-state index in [4.69, 9.17) is 4.52 Å². The third kappa shape index (κ3) is 2.92. The van der Waals surface area contributed by atoms with Crippen LogP contribution in [0.5, 0.6) is 0 Å². The molecule has 1 rings (SSSR count). The van der Waals surface area contributed by atoms with Crippen LogP contribution in [0.15, 0.2) is 9.32 Å². The molecule has 1 atom stereocenters. The normalized spacial score (nSPS) is 13.4. The molecule has 0 saturated heterocycles. The molecule has 0 aliphatic heterocycles. The minimum atomic E-state index is -0.292. The molecule has 0 fully saturated rings. The number of H-pyrrole nitrogens is 1. The quantitative estimate of drug-likeness (QED) is 0.710. The highest BCUT2D eigenvalue weighted by Gasteiger charge is 2.23. The molecule has 2 N–H and O–H groups in total. The van der Waals surface area contributed by atoms with Gasteiger partial charge in [0.05, 0.1) is 6.54 Å². The first-order valence-electron chi connectivity index (χ1n) is 5.41. The van der Waals surface area contributed by atoms with Crippen LogP contribution < -0.4 is 15.6 Å². The molecule has 0 aliphatic rings. The molecule has 1 aromatic rings. The zero-order valence-electron chi connectivity index (χ0n) is 9.83. The van der Waals surface area contributed by atoms with E-state index < -0.39 is 0 Å². The highest BCUT2D eigenvalue weighted by atomic mass is 16.5. The summed E-state index contributed by atoms with van der Waals surface area (Å²) in [5.74, 6) is 0. The Kier molecular flexibility index (Phi) is 4.08. The van der Waals surface area contributed by atoms with Gasteiger partial charge in [0, 0.05) is 6.04 Å². The molecule has 0 amide bonds. The largest absolute Gasteiger partial charge is 0.431 e. The van der Waals surface area contributed by atoms with Gasteiger partial charge in [-0.3, -0.25) is 4.52 Å². The number of rotatable bonds is 5. The van der Waals surface area contributed by atoms with Crippen molar-refractivity contribution in [3.05, 3.63) is 16.1 Å². The summed E-state index contributed by atoms with van der Waals surface area (Å²) >= 11 is 0. The molecule has 1 heterocycles. The number of aromatic nitrogens is 2. The van der Waals surface area contributed by atoms with Gasteiger partial charge in [0.15, 0.2) is 6.04 Å². The smallest absolute Gasteiger partial charge is 0.305 e. The molecule has 0 radical (unpaired) electrons. The highest BCUT2D eigenvalue weighted by Crippen LogP contribution is 1.94. The average Bonchev–Trinajstić information content (AvgIpc) is 2.56. The Morgan fingerprint density at radius 2 is 2.13 bits per heavy atom. The molecule has 5 nitrogen and oxygen atoms in total. The Balaban J connectivity index is 2.75. The van der Waals surface area contributed by atoms with Gasteiger partial charge in [0.25, 0.3) is 0 Å². The molecule has 0 aliphatic carbocycles. The van der Waals surface area contributed by atoms with Crippen molar-refractivity contribution in [2.45, 2.75) is 52.7 Å². The Morgan fingerprint density at radius 1 is 1.47 bits per heavy atom. The van der Waals surface area contributed by atoms with Crippen molar-refractivity contribution in [2.75, 3.05) is 0 Å². The van der Waals surface area contributed by atoms with Crippen molar-refractivity contribution in [3.8, 4) is 0 Å². The summed E-state index contributed by atoms with van der Waals surface area (Å²) < 4.78 is 6.51. The van der Waals surface area contributed by atoms with Gasteiger partial charge in [-0.2, -0.15) is 0 Å². The fourth-order valence-corrected chi connectivity index (χ4v) is 1.29. The lowest BCUT2D eigenvalue weighted by molar-refractivity contribution is -0.785. The van der Waals surface area contributed by atoms with E-state index in [1.165, 1.54) is 0 Å². The van der Waals surface area contributed by atoms with Crippen molar-refractivity contribution >= 4 is 0 Å². The third-order valence-electron chi connectivity index (χ3n) is 2.51. The van der Waals surface area contributed by atoms with Gasteiger partial charge in [-0.1, -0.05) is 11.6 Å². The van der Waals surface area contributed by atoms with Gasteiger partial charge in [-0.25, -0.2) is 4.79 Å². The van der Waals surface area contributed by atoms with Crippen molar-refractivity contribution in [3.63, 3.8) is 0 Å². The van der Waals surface area contributed by atoms with Crippen LogP contribution in [0.3, 0.4) is 0 Å². The van der Waals surface area contributed by atoms with E-state index in [2.05, 4.69) is 24.4 Å². The first-order chi connectivity index (χ1) is 7.06. The number of hydrogen-bond acceptors (Lipinski definition) is 3. The first kappa shape index (κ1) is 12.0. The van der Waals surface area contributed by atoms with Crippen LogP contribution in [0.4, 0.5) is 0 Å². The van der Waals surface area contributed by atoms with E-state index in [0.717, 1.165) is 6.42 Å². The van der Waals surface area contributed by atoms with Gasteiger partial charge in [-0.15, -0.1) is 0 Å². The van der Waals surface area contributed by atoms with Gasteiger partial charge in [-0.05, 0) is 32.5 Å². The number of nitrogens with zero attached hydrogens (tertiary/aromatic N) is 1. The van der Waals surface area contributed by atoms with Crippen LogP contribution in [0.25, 0.3) is 0 Å². The van der Waals surface area contributed by atoms with E-state index in [1.54, 1.807) is 4.68 Å². The molecule has 0 saturated carbocycles. The first-order valence-corrected chi connectivity index (χ1v) is 5.41. The third-order valence-corrected chi connectivity index (χ3v) is 2.51. The Labute approximate surface area is 89.4 Å². The maximum absolute atomic E-state index is 11.4. The molecule has 5 heteroatoms. The fourth-order valence-electron chi connectivity index (χ4n) is 1.29. The predicted octanol–water partition coefficient (Wildman–Crippen LogP) is 0.724. The molecule has 0 spiro atoms. The Morgan fingerprint density at radius 3 is 2.67 bits per heavy atom. The molecule has 1 aromatic heterocycles. The number of hydrogen-bond donors (Lipinski definition) is 2. The van der Waals surface area contributed by atoms with Crippen LogP contribution in [0, 0.1) is 0 Å². The van der Waals surface area contributed by atoms with E-state index in [1.807, 2.05) is 13.8 Å². The molecule has 0 aromatic carbocycles. The zero-order chi connectivity index (χ0) is 11.4. The number of nitrogens with one attached hydrogen (secondary N) is 2. The van der Waals surface area contributed by atoms with E-state index in [9.17, 15) is 4.79 Å². The van der Waals surface area contributed by atoms with E-state index >= 15 is 0 Å². The molecular formula is C10H20N3O2+. The number of aromatic amines is 1. The molecule has 1 unspecified atom stereocenters. The predicted molar refractivity (Wildman–Crippen MR) is 56.5 cm³/mol. The van der Waals surface area contributed by atoms with Crippen molar-refractivity contribution in [1.29, 1.82) is 0 Å². The molecule has 86 valence electrons. The monoisotopic (exact) mass is 214 g/mol. The van der Waals surface area contributed by atoms with Crippen LogP contribution in [0.2, 0.25) is 0 Å². The zero-order valence-corrected chi connectivity index (χ0v) is 9.83. The van der Waals surface area contributed by atoms with Gasteiger partial charge in [0.2, 0.25) is 0 Å². The maximum atomic E-state index is 11.4. The van der Waals surface area contributed by atoms with E-state index in [-0.39, 0.29) is 11.7 Å². The Bertz CT molecular complexity index is 354. The minimum Gasteiger partial charge on any atom is -0.305 e. The van der Waals surface area contributed by atoms with Gasteiger partial charge in [0.1, 0.15) is 0 Å². The molecule has 0 bridgehead atoms. The van der Waals surface area contributed by atoms with Gasteiger partial charge >= 0.3 is 11.3 Å². The standard InChI is InChI=1S/C10H19N3O2/c1-5-8(4)11-6-9-10(14)15-12-13(9)7(2)3/h7-8,11H,5-6H2,1-4H3/p+1. The van der Waals surface area contributed by atoms with Crippen LogP contribution in [-0.2, 0) is 6.54 Å². The second-order valence-electron chi connectivity index (χ2n) is 4.08. The summed E-state index contributed by atoms with van der Waals surface area (Å²) in [6.45, 7) is 8.73. The topological polar surface area (TPSA) is 61.9 Å². The summed E-state index contributed by atoms with van der Waals surface area (Å²) in [5.41, 5.74) is 0.352. The van der Waals surface area contributed by atoms with Crippen molar-refractivity contribution < 1.29 is 9.20 Å².